The Morgan fingerprint density at radius 2 is 1.95 bits per heavy atom. The summed E-state index contributed by atoms with van der Waals surface area (Å²) in [6.45, 7) is 9.47. The van der Waals surface area contributed by atoms with Crippen molar-refractivity contribution in [2.45, 2.75) is 25.8 Å². The molecule has 3 nitrogen and oxygen atoms in total. The van der Waals surface area contributed by atoms with Gasteiger partial charge >= 0.3 is 0 Å². The van der Waals surface area contributed by atoms with Crippen molar-refractivity contribution in [3.63, 3.8) is 0 Å². The largest absolute Gasteiger partial charge is 0.370 e. The van der Waals surface area contributed by atoms with Crippen molar-refractivity contribution in [2.24, 2.45) is 0 Å². The molecule has 2 aliphatic heterocycles. The van der Waals surface area contributed by atoms with Crippen LogP contribution in [-0.4, -0.2) is 50.2 Å². The molecule has 2 heterocycles. The first-order valence-corrected chi connectivity index (χ1v) is 7.66. The van der Waals surface area contributed by atoms with Gasteiger partial charge in [0.2, 0.25) is 0 Å². The van der Waals surface area contributed by atoms with Gasteiger partial charge in [0.25, 0.3) is 0 Å². The Bertz CT molecular complexity index is 414. The second-order valence-electron chi connectivity index (χ2n) is 5.67. The minimum absolute atomic E-state index is 0.793. The first-order valence-electron chi connectivity index (χ1n) is 7.66. The summed E-state index contributed by atoms with van der Waals surface area (Å²) in [6.07, 6.45) is 2.41. The van der Waals surface area contributed by atoms with Gasteiger partial charge in [0.15, 0.2) is 0 Å². The molecule has 19 heavy (non-hydrogen) atoms. The second kappa shape index (κ2) is 5.93. The van der Waals surface area contributed by atoms with Crippen LogP contribution in [0.4, 0.5) is 5.69 Å². The first-order chi connectivity index (χ1) is 9.38. The van der Waals surface area contributed by atoms with Crippen LogP contribution in [0, 0.1) is 0 Å². The van der Waals surface area contributed by atoms with E-state index in [9.17, 15) is 0 Å². The van der Waals surface area contributed by atoms with Gasteiger partial charge in [0, 0.05) is 51.0 Å². The lowest BCUT2D eigenvalue weighted by Crippen LogP contribution is -2.57. The quantitative estimate of drug-likeness (QED) is 0.892. The summed E-state index contributed by atoms with van der Waals surface area (Å²) < 4.78 is 0. The Morgan fingerprint density at radius 3 is 2.68 bits per heavy atom. The van der Waals surface area contributed by atoms with Gasteiger partial charge in [0.1, 0.15) is 0 Å². The molecule has 1 N–H and O–H groups in total. The molecule has 0 spiro atoms. The zero-order valence-electron chi connectivity index (χ0n) is 11.9. The van der Waals surface area contributed by atoms with Crippen molar-refractivity contribution in [1.29, 1.82) is 0 Å². The molecule has 3 rings (SSSR count). The Kier molecular flexibility index (Phi) is 4.04. The Labute approximate surface area is 116 Å². The molecule has 3 heteroatoms. The lowest BCUT2D eigenvalue weighted by molar-refractivity contribution is 0.155. The molecule has 2 fully saturated rings. The third-order valence-corrected chi connectivity index (χ3v) is 4.52. The number of benzene rings is 1. The summed E-state index contributed by atoms with van der Waals surface area (Å²) >= 11 is 0. The summed E-state index contributed by atoms with van der Waals surface area (Å²) in [7, 11) is 0. The number of para-hydroxylation sites is 1. The van der Waals surface area contributed by atoms with Gasteiger partial charge in [-0.3, -0.25) is 4.90 Å². The molecular formula is C16H25N3. The minimum atomic E-state index is 0.793. The highest BCUT2D eigenvalue weighted by molar-refractivity contribution is 5.53. The van der Waals surface area contributed by atoms with E-state index in [0.29, 0.717) is 0 Å². The van der Waals surface area contributed by atoms with Gasteiger partial charge in [-0.15, -0.1) is 0 Å². The topological polar surface area (TPSA) is 18.5 Å². The van der Waals surface area contributed by atoms with Crippen molar-refractivity contribution >= 4 is 5.69 Å². The Morgan fingerprint density at radius 1 is 1.11 bits per heavy atom. The van der Waals surface area contributed by atoms with Crippen LogP contribution < -0.4 is 10.2 Å². The molecule has 0 aromatic heterocycles. The molecule has 0 unspecified atom stereocenters. The second-order valence-corrected chi connectivity index (χ2v) is 5.67. The fraction of sp³-hybridized carbons (Fsp3) is 0.625. The van der Waals surface area contributed by atoms with Gasteiger partial charge < -0.3 is 10.2 Å². The minimum Gasteiger partial charge on any atom is -0.370 e. The maximum atomic E-state index is 3.38. The van der Waals surface area contributed by atoms with Crippen LogP contribution in [0.2, 0.25) is 0 Å². The highest BCUT2D eigenvalue weighted by Crippen LogP contribution is 2.23. The van der Waals surface area contributed by atoms with Gasteiger partial charge in [-0.1, -0.05) is 25.1 Å². The Balaban J connectivity index is 1.68. The van der Waals surface area contributed by atoms with Crippen molar-refractivity contribution in [1.82, 2.24) is 10.2 Å². The maximum absolute atomic E-state index is 3.38. The fourth-order valence-corrected chi connectivity index (χ4v) is 3.19. The molecule has 104 valence electrons. The van der Waals surface area contributed by atoms with E-state index in [2.05, 4.69) is 46.3 Å². The molecule has 0 amide bonds. The third kappa shape index (κ3) is 2.77. The summed E-state index contributed by atoms with van der Waals surface area (Å²) in [5, 5.41) is 3.38. The van der Waals surface area contributed by atoms with Crippen LogP contribution in [0.25, 0.3) is 0 Å². The van der Waals surface area contributed by atoms with Gasteiger partial charge in [-0.05, 0) is 24.5 Å². The molecule has 0 saturated carbocycles. The average Bonchev–Trinajstić information content (AvgIpc) is 2.63. The van der Waals surface area contributed by atoms with E-state index < -0.39 is 0 Å². The molecule has 1 aromatic carbocycles. The highest BCUT2D eigenvalue weighted by atomic mass is 15.3. The van der Waals surface area contributed by atoms with Crippen molar-refractivity contribution in [3.8, 4) is 0 Å². The standard InChI is InChI=1S/C16H25N3/c1-2-14-6-3-4-7-16(14)19-9-5-8-18(10-11-19)15-12-17-13-15/h3-4,6-7,15,17H,2,5,8-13H2,1H3. The molecule has 1 aromatic rings. The Hall–Kier alpha value is -1.06. The third-order valence-electron chi connectivity index (χ3n) is 4.52. The zero-order valence-corrected chi connectivity index (χ0v) is 11.9. The predicted molar refractivity (Wildman–Crippen MR) is 80.9 cm³/mol. The normalized spacial score (nSPS) is 22.1. The van der Waals surface area contributed by atoms with Crippen LogP contribution in [0.3, 0.4) is 0 Å². The summed E-state index contributed by atoms with van der Waals surface area (Å²) in [4.78, 5) is 5.26. The summed E-state index contributed by atoms with van der Waals surface area (Å²) in [5.74, 6) is 0. The SMILES string of the molecule is CCc1ccccc1N1CCCN(C2CNC2)CC1. The average molecular weight is 259 g/mol. The molecule has 0 bridgehead atoms. The smallest absolute Gasteiger partial charge is 0.0399 e. The fourth-order valence-electron chi connectivity index (χ4n) is 3.19. The molecule has 0 radical (unpaired) electrons. The van der Waals surface area contributed by atoms with Crippen LogP contribution >= 0.6 is 0 Å². The summed E-state index contributed by atoms with van der Waals surface area (Å²) in [5.41, 5.74) is 2.94. The number of rotatable bonds is 3. The van der Waals surface area contributed by atoms with Crippen molar-refractivity contribution in [3.05, 3.63) is 29.8 Å². The molecular weight excluding hydrogens is 234 g/mol. The predicted octanol–water partition coefficient (Wildman–Crippen LogP) is 1.73. The zero-order chi connectivity index (χ0) is 13.1. The van der Waals surface area contributed by atoms with Crippen molar-refractivity contribution in [2.75, 3.05) is 44.2 Å². The molecule has 2 aliphatic rings. The van der Waals surface area contributed by atoms with Crippen molar-refractivity contribution < 1.29 is 0 Å². The van der Waals surface area contributed by atoms with Crippen LogP contribution in [0.1, 0.15) is 18.9 Å². The van der Waals surface area contributed by atoms with Crippen LogP contribution in [0.5, 0.6) is 0 Å². The van der Waals surface area contributed by atoms with E-state index >= 15 is 0 Å². The lowest BCUT2D eigenvalue weighted by atomic mass is 10.1. The first kappa shape index (κ1) is 12.9. The molecule has 0 aliphatic carbocycles. The van der Waals surface area contributed by atoms with E-state index in [1.165, 1.54) is 56.9 Å². The van der Waals surface area contributed by atoms with E-state index in [1.807, 2.05) is 0 Å². The van der Waals surface area contributed by atoms with E-state index in [0.717, 1.165) is 12.5 Å². The van der Waals surface area contributed by atoms with Gasteiger partial charge in [-0.25, -0.2) is 0 Å². The maximum Gasteiger partial charge on any atom is 0.0399 e. The molecule has 2 saturated heterocycles. The number of aryl methyl sites for hydroxylation is 1. The van der Waals surface area contributed by atoms with E-state index in [-0.39, 0.29) is 0 Å². The van der Waals surface area contributed by atoms with Gasteiger partial charge in [-0.2, -0.15) is 0 Å². The lowest BCUT2D eigenvalue weighted by Gasteiger charge is -2.37. The summed E-state index contributed by atoms with van der Waals surface area (Å²) in [6, 6.07) is 9.69. The number of anilines is 1. The highest BCUT2D eigenvalue weighted by Gasteiger charge is 2.26. The van der Waals surface area contributed by atoms with E-state index in [4.69, 9.17) is 0 Å². The van der Waals surface area contributed by atoms with Crippen LogP contribution in [0.15, 0.2) is 24.3 Å². The number of nitrogens with one attached hydrogen (secondary N) is 1. The van der Waals surface area contributed by atoms with E-state index in [1.54, 1.807) is 0 Å². The number of hydrogen-bond donors (Lipinski definition) is 1. The number of hydrogen-bond acceptors (Lipinski definition) is 3. The number of nitrogens with zero attached hydrogens (tertiary/aromatic N) is 2. The van der Waals surface area contributed by atoms with Gasteiger partial charge in [0.05, 0.1) is 0 Å². The molecule has 0 atom stereocenters. The van der Waals surface area contributed by atoms with Crippen LogP contribution in [-0.2, 0) is 6.42 Å². The monoisotopic (exact) mass is 259 g/mol.